The molecule has 1 aliphatic rings. The van der Waals surface area contributed by atoms with Crippen molar-refractivity contribution in [3.63, 3.8) is 0 Å². The Morgan fingerprint density at radius 1 is 1.05 bits per heavy atom. The van der Waals surface area contributed by atoms with Gasteiger partial charge in [0.2, 0.25) is 0 Å². The molecule has 20 heavy (non-hydrogen) atoms. The number of Topliss-reactive ketones (excluding diaryl/α,β-unsaturated/α-hetero) is 1. The van der Waals surface area contributed by atoms with Crippen LogP contribution in [-0.2, 0) is 14.4 Å². The number of rotatable bonds is 5. The van der Waals surface area contributed by atoms with Gasteiger partial charge in [0.25, 0.3) is 11.8 Å². The van der Waals surface area contributed by atoms with E-state index in [4.69, 9.17) is 4.84 Å². The van der Waals surface area contributed by atoms with Gasteiger partial charge in [0, 0.05) is 12.8 Å². The normalized spacial score (nSPS) is 13.3. The third kappa shape index (κ3) is 2.59. The number of carbonyl (C=O) groups excluding carboxylic acids is 4. The summed E-state index contributed by atoms with van der Waals surface area (Å²) in [5, 5.41) is 0.448. The van der Waals surface area contributed by atoms with Crippen LogP contribution >= 0.6 is 0 Å². The highest BCUT2D eigenvalue weighted by atomic mass is 16.7. The van der Waals surface area contributed by atoms with Crippen LogP contribution in [0.1, 0.15) is 46.9 Å². The fraction of sp³-hybridized carbons (Fsp3) is 0.286. The molecule has 0 saturated heterocycles. The first-order valence-corrected chi connectivity index (χ1v) is 6.25. The van der Waals surface area contributed by atoms with Crippen LogP contribution in [0.2, 0.25) is 0 Å². The first-order valence-electron chi connectivity index (χ1n) is 6.25. The van der Waals surface area contributed by atoms with Crippen molar-refractivity contribution < 1.29 is 24.0 Å². The number of nitrogens with zero attached hydrogens (tertiary/aromatic N) is 1. The van der Waals surface area contributed by atoms with Crippen LogP contribution in [0.15, 0.2) is 24.3 Å². The summed E-state index contributed by atoms with van der Waals surface area (Å²) in [5.41, 5.74) is 0.407. The van der Waals surface area contributed by atoms with E-state index in [0.29, 0.717) is 11.5 Å². The molecular formula is C14H13NO5. The van der Waals surface area contributed by atoms with Crippen molar-refractivity contribution in [1.29, 1.82) is 0 Å². The summed E-state index contributed by atoms with van der Waals surface area (Å²) in [5.74, 6) is -2.19. The zero-order valence-corrected chi connectivity index (χ0v) is 10.9. The van der Waals surface area contributed by atoms with E-state index in [1.807, 2.05) is 0 Å². The minimum atomic E-state index is -0.777. The van der Waals surface area contributed by atoms with Crippen LogP contribution in [-0.4, -0.2) is 28.6 Å². The summed E-state index contributed by atoms with van der Waals surface area (Å²) in [6.07, 6.45) is 0.221. The highest BCUT2D eigenvalue weighted by Crippen LogP contribution is 2.22. The highest BCUT2D eigenvalue weighted by Gasteiger charge is 2.38. The second-order valence-electron chi connectivity index (χ2n) is 4.31. The predicted molar refractivity (Wildman–Crippen MR) is 67.6 cm³/mol. The summed E-state index contributed by atoms with van der Waals surface area (Å²) in [7, 11) is 0. The van der Waals surface area contributed by atoms with Crippen LogP contribution in [0.3, 0.4) is 0 Å². The maximum atomic E-state index is 11.9. The summed E-state index contributed by atoms with van der Waals surface area (Å²) in [6, 6.07) is 6.22. The summed E-state index contributed by atoms with van der Waals surface area (Å²) in [6.45, 7) is 1.69. The molecule has 0 unspecified atom stereocenters. The van der Waals surface area contributed by atoms with Gasteiger partial charge in [-0.1, -0.05) is 24.1 Å². The smallest absolute Gasteiger partial charge is 0.330 e. The number of hydrogen-bond donors (Lipinski definition) is 0. The van der Waals surface area contributed by atoms with Crippen LogP contribution in [0.25, 0.3) is 0 Å². The van der Waals surface area contributed by atoms with Gasteiger partial charge >= 0.3 is 5.97 Å². The Balaban J connectivity index is 2.02. The second-order valence-corrected chi connectivity index (χ2v) is 4.31. The summed E-state index contributed by atoms with van der Waals surface area (Å²) < 4.78 is 0. The number of fused-ring (bicyclic) bond motifs is 1. The molecule has 104 valence electrons. The van der Waals surface area contributed by atoms with E-state index in [1.54, 1.807) is 19.1 Å². The van der Waals surface area contributed by atoms with Crippen molar-refractivity contribution in [2.45, 2.75) is 26.2 Å². The van der Waals surface area contributed by atoms with E-state index in [-0.39, 0.29) is 29.8 Å². The van der Waals surface area contributed by atoms with Gasteiger partial charge < -0.3 is 4.84 Å². The molecule has 0 aromatic heterocycles. The van der Waals surface area contributed by atoms with E-state index in [9.17, 15) is 19.2 Å². The Morgan fingerprint density at radius 2 is 1.60 bits per heavy atom. The maximum Gasteiger partial charge on any atom is 0.333 e. The van der Waals surface area contributed by atoms with Crippen LogP contribution in [0.5, 0.6) is 0 Å². The topological polar surface area (TPSA) is 80.8 Å². The number of imide groups is 1. The molecule has 6 nitrogen and oxygen atoms in total. The largest absolute Gasteiger partial charge is 0.333 e. The average molecular weight is 275 g/mol. The van der Waals surface area contributed by atoms with E-state index < -0.39 is 17.8 Å². The third-order valence-corrected chi connectivity index (χ3v) is 2.95. The summed E-state index contributed by atoms with van der Waals surface area (Å²) in [4.78, 5) is 51.2. The standard InChI is InChI=1S/C14H13NO5/c1-2-9(16)7-8-12(17)20-15-13(18)10-5-3-4-6-11(10)14(15)19/h3-6H,2,7-8H2,1H3. The molecule has 0 aliphatic carbocycles. The van der Waals surface area contributed by atoms with Gasteiger partial charge in [-0.25, -0.2) is 4.79 Å². The van der Waals surface area contributed by atoms with Crippen molar-refractivity contribution in [2.24, 2.45) is 0 Å². The molecule has 1 heterocycles. The number of benzene rings is 1. The zero-order chi connectivity index (χ0) is 14.7. The molecule has 1 aromatic rings. The highest BCUT2D eigenvalue weighted by molar-refractivity contribution is 6.20. The molecule has 1 aliphatic heterocycles. The monoisotopic (exact) mass is 275 g/mol. The quantitative estimate of drug-likeness (QED) is 0.761. The van der Waals surface area contributed by atoms with Gasteiger partial charge in [-0.05, 0) is 12.1 Å². The molecule has 0 N–H and O–H groups in total. The lowest BCUT2D eigenvalue weighted by Crippen LogP contribution is -2.32. The number of hydroxylamine groups is 2. The molecule has 0 fully saturated rings. The minimum absolute atomic E-state index is 0.0402. The number of amides is 2. The van der Waals surface area contributed by atoms with Crippen molar-refractivity contribution in [3.8, 4) is 0 Å². The fourth-order valence-corrected chi connectivity index (χ4v) is 1.82. The van der Waals surface area contributed by atoms with E-state index >= 15 is 0 Å². The van der Waals surface area contributed by atoms with Crippen molar-refractivity contribution in [1.82, 2.24) is 5.06 Å². The second kappa shape index (κ2) is 5.64. The Hall–Kier alpha value is -2.50. The van der Waals surface area contributed by atoms with Crippen molar-refractivity contribution in [3.05, 3.63) is 35.4 Å². The van der Waals surface area contributed by atoms with E-state index in [2.05, 4.69) is 0 Å². The molecule has 0 spiro atoms. The third-order valence-electron chi connectivity index (χ3n) is 2.95. The number of ketones is 1. The lowest BCUT2D eigenvalue weighted by atomic mass is 10.1. The van der Waals surface area contributed by atoms with E-state index in [0.717, 1.165) is 0 Å². The lowest BCUT2D eigenvalue weighted by molar-refractivity contribution is -0.169. The van der Waals surface area contributed by atoms with E-state index in [1.165, 1.54) is 12.1 Å². The van der Waals surface area contributed by atoms with Gasteiger partial charge in [-0.15, -0.1) is 0 Å². The Bertz CT molecular complexity index is 558. The molecule has 0 atom stereocenters. The molecule has 0 saturated carbocycles. The number of hydrogen-bond acceptors (Lipinski definition) is 5. The first kappa shape index (κ1) is 13.9. The van der Waals surface area contributed by atoms with Gasteiger partial charge in [0.1, 0.15) is 5.78 Å². The molecule has 2 amide bonds. The van der Waals surface area contributed by atoms with Gasteiger partial charge in [-0.3, -0.25) is 14.4 Å². The van der Waals surface area contributed by atoms with Gasteiger partial charge in [-0.2, -0.15) is 0 Å². The van der Waals surface area contributed by atoms with Crippen LogP contribution in [0, 0.1) is 0 Å². The minimum Gasteiger partial charge on any atom is -0.330 e. The van der Waals surface area contributed by atoms with Gasteiger partial charge in [0.15, 0.2) is 0 Å². The Kier molecular flexibility index (Phi) is 3.93. The number of carbonyl (C=O) groups is 4. The Morgan fingerprint density at radius 3 is 2.10 bits per heavy atom. The van der Waals surface area contributed by atoms with Crippen molar-refractivity contribution >= 4 is 23.6 Å². The SMILES string of the molecule is CCC(=O)CCC(=O)ON1C(=O)c2ccccc2C1=O. The molecule has 6 heteroatoms. The molecule has 2 rings (SSSR count). The lowest BCUT2D eigenvalue weighted by Gasteiger charge is -2.12. The zero-order valence-electron chi connectivity index (χ0n) is 10.9. The molecule has 1 aromatic carbocycles. The van der Waals surface area contributed by atoms with Gasteiger partial charge in [0.05, 0.1) is 17.5 Å². The summed E-state index contributed by atoms with van der Waals surface area (Å²) >= 11 is 0. The molecule has 0 radical (unpaired) electrons. The van der Waals surface area contributed by atoms with Crippen LogP contribution < -0.4 is 0 Å². The van der Waals surface area contributed by atoms with Crippen LogP contribution in [0.4, 0.5) is 0 Å². The first-order chi connectivity index (χ1) is 9.54. The predicted octanol–water partition coefficient (Wildman–Crippen LogP) is 1.50. The molecular weight excluding hydrogens is 262 g/mol. The Labute approximate surface area is 115 Å². The maximum absolute atomic E-state index is 11.9. The molecule has 0 bridgehead atoms. The van der Waals surface area contributed by atoms with Crippen molar-refractivity contribution in [2.75, 3.05) is 0 Å². The fourth-order valence-electron chi connectivity index (χ4n) is 1.82. The average Bonchev–Trinajstić information content (AvgIpc) is 2.70.